The number of aromatic nitrogens is 2. The number of hydrogen-bond acceptors (Lipinski definition) is 3. The van der Waals surface area contributed by atoms with Gasteiger partial charge in [-0.3, -0.25) is 4.79 Å². The maximum Gasteiger partial charge on any atom is 0.224 e. The average molecular weight is 323 g/mol. The van der Waals surface area contributed by atoms with Crippen molar-refractivity contribution in [3.63, 3.8) is 0 Å². The summed E-state index contributed by atoms with van der Waals surface area (Å²) >= 11 is 0. The Morgan fingerprint density at radius 1 is 1.21 bits per heavy atom. The van der Waals surface area contributed by atoms with Crippen LogP contribution in [-0.4, -0.2) is 22.4 Å². The maximum absolute atomic E-state index is 12.2. The zero-order valence-electron chi connectivity index (χ0n) is 14.2. The van der Waals surface area contributed by atoms with E-state index in [4.69, 9.17) is 4.74 Å². The van der Waals surface area contributed by atoms with Gasteiger partial charge in [-0.15, -0.1) is 0 Å². The van der Waals surface area contributed by atoms with Crippen LogP contribution < -0.4 is 10.1 Å². The molecular weight excluding hydrogens is 302 g/mol. The number of imidazole rings is 1. The second kappa shape index (κ2) is 6.74. The summed E-state index contributed by atoms with van der Waals surface area (Å²) < 4.78 is 7.31. The van der Waals surface area contributed by atoms with Crippen molar-refractivity contribution in [3.8, 4) is 5.75 Å². The minimum Gasteiger partial charge on any atom is -0.496 e. The van der Waals surface area contributed by atoms with Crippen LogP contribution in [0.1, 0.15) is 23.4 Å². The summed E-state index contributed by atoms with van der Waals surface area (Å²) in [5.41, 5.74) is 4.77. The van der Waals surface area contributed by atoms with Crippen LogP contribution in [-0.2, 0) is 11.2 Å². The van der Waals surface area contributed by atoms with Gasteiger partial charge in [0, 0.05) is 18.3 Å². The van der Waals surface area contributed by atoms with E-state index in [1.165, 1.54) is 0 Å². The summed E-state index contributed by atoms with van der Waals surface area (Å²) in [7, 11) is 1.64. The Hall–Kier alpha value is -2.82. The molecule has 24 heavy (non-hydrogen) atoms. The van der Waals surface area contributed by atoms with Gasteiger partial charge in [-0.25, -0.2) is 4.98 Å². The molecule has 0 aliphatic carbocycles. The zero-order valence-corrected chi connectivity index (χ0v) is 14.2. The van der Waals surface area contributed by atoms with Gasteiger partial charge in [0.2, 0.25) is 5.91 Å². The van der Waals surface area contributed by atoms with Gasteiger partial charge in [0.05, 0.1) is 18.5 Å². The Bertz CT molecular complexity index is 883. The number of amides is 1. The number of nitrogens with zero attached hydrogens (tertiary/aromatic N) is 2. The number of aryl methyl sites for hydroxylation is 3. The normalized spacial score (nSPS) is 10.8. The maximum atomic E-state index is 12.2. The Morgan fingerprint density at radius 2 is 2.00 bits per heavy atom. The fourth-order valence-corrected chi connectivity index (χ4v) is 2.73. The van der Waals surface area contributed by atoms with Gasteiger partial charge in [-0.05, 0) is 44.0 Å². The second-order valence-electron chi connectivity index (χ2n) is 5.79. The van der Waals surface area contributed by atoms with Gasteiger partial charge < -0.3 is 14.5 Å². The minimum atomic E-state index is -0.0188. The van der Waals surface area contributed by atoms with Crippen molar-refractivity contribution in [1.29, 1.82) is 0 Å². The molecule has 3 aromatic rings. The van der Waals surface area contributed by atoms with Crippen molar-refractivity contribution < 1.29 is 9.53 Å². The largest absolute Gasteiger partial charge is 0.496 e. The van der Waals surface area contributed by atoms with Gasteiger partial charge in [0.1, 0.15) is 11.4 Å². The van der Waals surface area contributed by atoms with Gasteiger partial charge in [-0.1, -0.05) is 18.2 Å². The van der Waals surface area contributed by atoms with E-state index in [1.807, 2.05) is 60.8 Å². The summed E-state index contributed by atoms with van der Waals surface area (Å²) in [6.45, 7) is 4.00. The monoisotopic (exact) mass is 323 g/mol. The van der Waals surface area contributed by atoms with Crippen LogP contribution in [0.2, 0.25) is 0 Å². The highest BCUT2D eigenvalue weighted by Crippen LogP contribution is 2.19. The molecule has 0 saturated carbocycles. The Kier molecular flexibility index (Phi) is 4.51. The molecule has 2 heterocycles. The van der Waals surface area contributed by atoms with Crippen molar-refractivity contribution in [1.82, 2.24) is 9.38 Å². The van der Waals surface area contributed by atoms with E-state index in [0.717, 1.165) is 34.0 Å². The summed E-state index contributed by atoms with van der Waals surface area (Å²) in [5, 5.41) is 2.95. The average Bonchev–Trinajstić information content (AvgIpc) is 2.88. The Labute approximate surface area is 141 Å². The van der Waals surface area contributed by atoms with E-state index in [-0.39, 0.29) is 5.91 Å². The van der Waals surface area contributed by atoms with Gasteiger partial charge in [-0.2, -0.15) is 0 Å². The molecule has 0 aliphatic heterocycles. The number of carbonyl (C=O) groups excluding carboxylic acids is 1. The van der Waals surface area contributed by atoms with Crippen molar-refractivity contribution in [2.75, 3.05) is 12.4 Å². The summed E-state index contributed by atoms with van der Waals surface area (Å²) in [6, 6.07) is 11.6. The van der Waals surface area contributed by atoms with Crippen molar-refractivity contribution >= 4 is 17.2 Å². The van der Waals surface area contributed by atoms with Gasteiger partial charge >= 0.3 is 0 Å². The molecule has 5 nitrogen and oxygen atoms in total. The van der Waals surface area contributed by atoms with Crippen LogP contribution in [0.5, 0.6) is 5.75 Å². The van der Waals surface area contributed by atoms with Crippen LogP contribution in [0.4, 0.5) is 5.69 Å². The molecule has 3 rings (SSSR count). The number of pyridine rings is 1. The number of anilines is 1. The first-order chi connectivity index (χ1) is 11.6. The lowest BCUT2D eigenvalue weighted by atomic mass is 10.1. The van der Waals surface area contributed by atoms with Crippen molar-refractivity contribution in [3.05, 3.63) is 59.5 Å². The molecule has 0 aliphatic rings. The third-order valence-corrected chi connectivity index (χ3v) is 4.19. The minimum absolute atomic E-state index is 0.0188. The molecule has 124 valence electrons. The summed E-state index contributed by atoms with van der Waals surface area (Å²) in [5.74, 6) is 0.797. The van der Waals surface area contributed by atoms with E-state index < -0.39 is 0 Å². The van der Waals surface area contributed by atoms with Gasteiger partial charge in [0.15, 0.2) is 0 Å². The number of carbonyl (C=O) groups is 1. The quantitative estimate of drug-likeness (QED) is 0.781. The Morgan fingerprint density at radius 3 is 2.79 bits per heavy atom. The molecule has 5 heteroatoms. The van der Waals surface area contributed by atoms with Crippen LogP contribution in [0.15, 0.2) is 42.6 Å². The SMILES string of the molecule is COc1ccccc1CCC(=O)Nc1ccc2nc(C)c(C)n2c1. The number of hydrogen-bond donors (Lipinski definition) is 1. The van der Waals surface area contributed by atoms with Crippen LogP contribution in [0.25, 0.3) is 5.65 Å². The Balaban J connectivity index is 1.67. The van der Waals surface area contributed by atoms with E-state index in [2.05, 4.69) is 10.3 Å². The predicted molar refractivity (Wildman–Crippen MR) is 94.6 cm³/mol. The topological polar surface area (TPSA) is 55.6 Å². The highest BCUT2D eigenvalue weighted by molar-refractivity contribution is 5.90. The first-order valence-corrected chi connectivity index (χ1v) is 7.95. The lowest BCUT2D eigenvalue weighted by molar-refractivity contribution is -0.116. The van der Waals surface area contributed by atoms with E-state index in [1.54, 1.807) is 7.11 Å². The standard InChI is InChI=1S/C19H21N3O2/c1-13-14(2)22-12-16(9-10-18(22)20-13)21-19(23)11-8-15-6-4-5-7-17(15)24-3/h4-7,9-10,12H,8,11H2,1-3H3,(H,21,23). The highest BCUT2D eigenvalue weighted by atomic mass is 16.5. The number of para-hydroxylation sites is 1. The molecule has 0 atom stereocenters. The van der Waals surface area contributed by atoms with Gasteiger partial charge in [0.25, 0.3) is 0 Å². The number of ether oxygens (including phenoxy) is 1. The van der Waals surface area contributed by atoms with E-state index in [9.17, 15) is 4.79 Å². The molecule has 1 N–H and O–H groups in total. The molecule has 1 aromatic carbocycles. The molecule has 1 amide bonds. The molecular formula is C19H21N3O2. The molecule has 0 bridgehead atoms. The predicted octanol–water partition coefficient (Wildman–Crippen LogP) is 3.53. The first-order valence-electron chi connectivity index (χ1n) is 7.95. The zero-order chi connectivity index (χ0) is 17.1. The molecule has 0 unspecified atom stereocenters. The summed E-state index contributed by atoms with van der Waals surface area (Å²) in [4.78, 5) is 16.7. The van der Waals surface area contributed by atoms with Crippen LogP contribution >= 0.6 is 0 Å². The number of fused-ring (bicyclic) bond motifs is 1. The fourth-order valence-electron chi connectivity index (χ4n) is 2.73. The molecule has 2 aromatic heterocycles. The van der Waals surface area contributed by atoms with E-state index >= 15 is 0 Å². The third-order valence-electron chi connectivity index (χ3n) is 4.19. The van der Waals surface area contributed by atoms with Crippen LogP contribution in [0.3, 0.4) is 0 Å². The van der Waals surface area contributed by atoms with E-state index in [0.29, 0.717) is 12.8 Å². The lowest BCUT2D eigenvalue weighted by Crippen LogP contribution is -2.13. The number of benzene rings is 1. The molecule has 0 radical (unpaired) electrons. The second-order valence-corrected chi connectivity index (χ2v) is 5.79. The van der Waals surface area contributed by atoms with Crippen molar-refractivity contribution in [2.24, 2.45) is 0 Å². The molecule has 0 saturated heterocycles. The number of nitrogens with one attached hydrogen (secondary N) is 1. The number of methoxy groups -OCH3 is 1. The molecule has 0 spiro atoms. The van der Waals surface area contributed by atoms with Crippen LogP contribution in [0, 0.1) is 13.8 Å². The number of rotatable bonds is 5. The molecule has 0 fully saturated rings. The smallest absolute Gasteiger partial charge is 0.224 e. The van der Waals surface area contributed by atoms with Crippen molar-refractivity contribution in [2.45, 2.75) is 26.7 Å². The fraction of sp³-hybridized carbons (Fsp3) is 0.263. The first kappa shape index (κ1) is 16.1. The summed E-state index contributed by atoms with van der Waals surface area (Å²) in [6.07, 6.45) is 2.95. The highest BCUT2D eigenvalue weighted by Gasteiger charge is 2.09. The lowest BCUT2D eigenvalue weighted by Gasteiger charge is -2.09. The third kappa shape index (κ3) is 3.25.